The lowest BCUT2D eigenvalue weighted by Crippen LogP contribution is -2.37. The summed E-state index contributed by atoms with van der Waals surface area (Å²) in [5.41, 5.74) is 0.993. The normalized spacial score (nSPS) is 22.3. The van der Waals surface area contributed by atoms with E-state index in [0.717, 1.165) is 31.7 Å². The fourth-order valence-corrected chi connectivity index (χ4v) is 2.23. The monoisotopic (exact) mass is 235 g/mol. The predicted octanol–water partition coefficient (Wildman–Crippen LogP) is 2.09. The van der Waals surface area contributed by atoms with Gasteiger partial charge in [0.1, 0.15) is 0 Å². The van der Waals surface area contributed by atoms with Gasteiger partial charge in [-0.1, -0.05) is 6.92 Å². The molecule has 0 saturated carbocycles. The summed E-state index contributed by atoms with van der Waals surface area (Å²) in [6.07, 6.45) is 10.2. The van der Waals surface area contributed by atoms with Crippen LogP contribution in [0.2, 0.25) is 0 Å². The molecule has 1 aliphatic heterocycles. The maximum absolute atomic E-state index is 5.86. The minimum absolute atomic E-state index is 0.184. The van der Waals surface area contributed by atoms with Gasteiger partial charge in [0.15, 0.2) is 0 Å². The van der Waals surface area contributed by atoms with Crippen molar-refractivity contribution >= 4 is 0 Å². The third-order valence-electron chi connectivity index (χ3n) is 3.10. The van der Waals surface area contributed by atoms with E-state index in [1.807, 2.05) is 6.20 Å². The Bertz CT molecular complexity index is 312. The SMILES string of the molecule is CCCNC(c1cnccn1)C1CCCCO1. The molecule has 2 unspecified atom stereocenters. The molecule has 4 heteroatoms. The lowest BCUT2D eigenvalue weighted by Gasteiger charge is -2.30. The van der Waals surface area contributed by atoms with Crippen molar-refractivity contribution in [1.82, 2.24) is 15.3 Å². The van der Waals surface area contributed by atoms with E-state index >= 15 is 0 Å². The van der Waals surface area contributed by atoms with Gasteiger partial charge in [-0.05, 0) is 32.2 Å². The van der Waals surface area contributed by atoms with E-state index in [1.165, 1.54) is 12.8 Å². The number of aromatic nitrogens is 2. The van der Waals surface area contributed by atoms with Gasteiger partial charge in [-0.25, -0.2) is 0 Å². The first-order valence-corrected chi connectivity index (χ1v) is 6.52. The second-order valence-corrected chi connectivity index (χ2v) is 4.47. The van der Waals surface area contributed by atoms with E-state index in [0.29, 0.717) is 0 Å². The quantitative estimate of drug-likeness (QED) is 0.849. The molecule has 1 fully saturated rings. The number of hydrogen-bond acceptors (Lipinski definition) is 4. The molecule has 0 amide bonds. The van der Waals surface area contributed by atoms with Gasteiger partial charge in [-0.3, -0.25) is 9.97 Å². The van der Waals surface area contributed by atoms with Crippen LogP contribution in [0.1, 0.15) is 44.3 Å². The van der Waals surface area contributed by atoms with E-state index in [-0.39, 0.29) is 12.1 Å². The molecule has 1 aliphatic rings. The van der Waals surface area contributed by atoms with Crippen LogP contribution in [-0.2, 0) is 4.74 Å². The molecule has 2 atom stereocenters. The summed E-state index contributed by atoms with van der Waals surface area (Å²) in [4.78, 5) is 8.55. The molecule has 0 aromatic carbocycles. The first kappa shape index (κ1) is 12.5. The Morgan fingerprint density at radius 1 is 1.47 bits per heavy atom. The highest BCUT2D eigenvalue weighted by Gasteiger charge is 2.26. The maximum atomic E-state index is 5.86. The van der Waals surface area contributed by atoms with E-state index in [4.69, 9.17) is 4.74 Å². The standard InChI is InChI=1S/C13H21N3O/c1-2-6-16-13(11-10-14-7-8-15-11)12-5-3-4-9-17-12/h7-8,10,12-13,16H,2-6,9H2,1H3. The van der Waals surface area contributed by atoms with Gasteiger partial charge in [0.2, 0.25) is 0 Å². The van der Waals surface area contributed by atoms with Crippen molar-refractivity contribution < 1.29 is 4.74 Å². The van der Waals surface area contributed by atoms with E-state index in [1.54, 1.807) is 12.4 Å². The smallest absolute Gasteiger partial charge is 0.0785 e. The van der Waals surface area contributed by atoms with E-state index in [2.05, 4.69) is 22.2 Å². The Labute approximate surface area is 103 Å². The molecule has 0 radical (unpaired) electrons. The van der Waals surface area contributed by atoms with Gasteiger partial charge in [0, 0.05) is 19.0 Å². The molecule has 4 nitrogen and oxygen atoms in total. The lowest BCUT2D eigenvalue weighted by molar-refractivity contribution is -0.00910. The van der Waals surface area contributed by atoms with Crippen LogP contribution in [0, 0.1) is 0 Å². The molecule has 0 bridgehead atoms. The van der Waals surface area contributed by atoms with Crippen molar-refractivity contribution in [2.45, 2.75) is 44.8 Å². The lowest BCUT2D eigenvalue weighted by atomic mass is 9.99. The van der Waals surface area contributed by atoms with E-state index in [9.17, 15) is 0 Å². The highest BCUT2D eigenvalue weighted by molar-refractivity contribution is 5.05. The number of nitrogens with zero attached hydrogens (tertiary/aromatic N) is 2. The molecule has 2 rings (SSSR count). The number of rotatable bonds is 5. The summed E-state index contributed by atoms with van der Waals surface area (Å²) in [5, 5.41) is 3.53. The predicted molar refractivity (Wildman–Crippen MR) is 66.7 cm³/mol. The average Bonchev–Trinajstić information content (AvgIpc) is 2.42. The van der Waals surface area contributed by atoms with Gasteiger partial charge >= 0.3 is 0 Å². The Hall–Kier alpha value is -1.00. The molecule has 1 N–H and O–H groups in total. The van der Waals surface area contributed by atoms with Crippen molar-refractivity contribution in [1.29, 1.82) is 0 Å². The van der Waals surface area contributed by atoms with Gasteiger partial charge < -0.3 is 10.1 Å². The molecular weight excluding hydrogens is 214 g/mol. The van der Waals surface area contributed by atoms with E-state index < -0.39 is 0 Å². The van der Waals surface area contributed by atoms with Gasteiger partial charge in [0.05, 0.1) is 24.0 Å². The Kier molecular flexibility index (Phi) is 4.88. The third kappa shape index (κ3) is 3.48. The fourth-order valence-electron chi connectivity index (χ4n) is 2.23. The first-order chi connectivity index (χ1) is 8.42. The minimum Gasteiger partial charge on any atom is -0.376 e. The van der Waals surface area contributed by atoms with Crippen molar-refractivity contribution in [2.24, 2.45) is 0 Å². The third-order valence-corrected chi connectivity index (χ3v) is 3.10. The van der Waals surface area contributed by atoms with Gasteiger partial charge in [0.25, 0.3) is 0 Å². The molecule has 0 aliphatic carbocycles. The van der Waals surface area contributed by atoms with Crippen molar-refractivity contribution in [2.75, 3.05) is 13.2 Å². The molecule has 94 valence electrons. The zero-order valence-corrected chi connectivity index (χ0v) is 10.4. The summed E-state index contributed by atoms with van der Waals surface area (Å²) in [6, 6.07) is 0.184. The van der Waals surface area contributed by atoms with Crippen LogP contribution in [-0.4, -0.2) is 29.2 Å². The van der Waals surface area contributed by atoms with Crippen LogP contribution < -0.4 is 5.32 Å². The Morgan fingerprint density at radius 3 is 3.06 bits per heavy atom. The first-order valence-electron chi connectivity index (χ1n) is 6.52. The second kappa shape index (κ2) is 6.67. The summed E-state index contributed by atoms with van der Waals surface area (Å²) in [6.45, 7) is 4.03. The summed E-state index contributed by atoms with van der Waals surface area (Å²) >= 11 is 0. The molecule has 1 saturated heterocycles. The molecule has 1 aromatic heterocycles. The number of ether oxygens (including phenoxy) is 1. The van der Waals surface area contributed by atoms with Crippen LogP contribution in [0.5, 0.6) is 0 Å². The molecular formula is C13H21N3O. The summed E-state index contributed by atoms with van der Waals surface area (Å²) in [5.74, 6) is 0. The van der Waals surface area contributed by atoms with Crippen molar-refractivity contribution in [3.8, 4) is 0 Å². The largest absolute Gasteiger partial charge is 0.376 e. The van der Waals surface area contributed by atoms with Gasteiger partial charge in [-0.2, -0.15) is 0 Å². The van der Waals surface area contributed by atoms with Crippen LogP contribution in [0.15, 0.2) is 18.6 Å². The highest BCUT2D eigenvalue weighted by Crippen LogP contribution is 2.24. The van der Waals surface area contributed by atoms with Gasteiger partial charge in [-0.15, -0.1) is 0 Å². The number of nitrogens with one attached hydrogen (secondary N) is 1. The highest BCUT2D eigenvalue weighted by atomic mass is 16.5. The summed E-state index contributed by atoms with van der Waals surface area (Å²) in [7, 11) is 0. The summed E-state index contributed by atoms with van der Waals surface area (Å²) < 4.78 is 5.86. The maximum Gasteiger partial charge on any atom is 0.0785 e. The zero-order valence-electron chi connectivity index (χ0n) is 10.4. The Morgan fingerprint density at radius 2 is 2.41 bits per heavy atom. The molecule has 0 spiro atoms. The van der Waals surface area contributed by atoms with Crippen LogP contribution >= 0.6 is 0 Å². The van der Waals surface area contributed by atoms with Crippen molar-refractivity contribution in [3.63, 3.8) is 0 Å². The fraction of sp³-hybridized carbons (Fsp3) is 0.692. The molecule has 1 aromatic rings. The molecule has 2 heterocycles. The van der Waals surface area contributed by atoms with Crippen LogP contribution in [0.3, 0.4) is 0 Å². The average molecular weight is 235 g/mol. The van der Waals surface area contributed by atoms with Crippen LogP contribution in [0.25, 0.3) is 0 Å². The van der Waals surface area contributed by atoms with Crippen LogP contribution in [0.4, 0.5) is 0 Å². The zero-order chi connectivity index (χ0) is 11.9. The molecule has 17 heavy (non-hydrogen) atoms. The van der Waals surface area contributed by atoms with Crippen molar-refractivity contribution in [3.05, 3.63) is 24.3 Å². The topological polar surface area (TPSA) is 47.0 Å². The second-order valence-electron chi connectivity index (χ2n) is 4.47. The minimum atomic E-state index is 0.184. The number of hydrogen-bond donors (Lipinski definition) is 1. The Balaban J connectivity index is 2.06.